The zero-order valence-electron chi connectivity index (χ0n) is 14.6. The molecule has 28 heavy (non-hydrogen) atoms. The Labute approximate surface area is 165 Å². The predicted molar refractivity (Wildman–Crippen MR) is 105 cm³/mol. The summed E-state index contributed by atoms with van der Waals surface area (Å²) in [7, 11) is 0. The second kappa shape index (κ2) is 8.96. The number of carbonyl (C=O) groups is 3. The number of aromatic nitrogens is 1. The van der Waals surface area contributed by atoms with Crippen molar-refractivity contribution in [3.63, 3.8) is 0 Å². The molecular formula is C20H16ClN3O4. The summed E-state index contributed by atoms with van der Waals surface area (Å²) in [6.45, 7) is -0.859. The van der Waals surface area contributed by atoms with Crippen molar-refractivity contribution in [2.75, 3.05) is 18.5 Å². The number of nitrogens with one attached hydrogen (secondary N) is 2. The summed E-state index contributed by atoms with van der Waals surface area (Å²) in [5.74, 6) is -1.71. The van der Waals surface area contributed by atoms with E-state index in [1.165, 1.54) is 6.20 Å². The van der Waals surface area contributed by atoms with Gasteiger partial charge in [0, 0.05) is 11.8 Å². The lowest BCUT2D eigenvalue weighted by Crippen LogP contribution is -2.32. The number of hydrogen-bond acceptors (Lipinski definition) is 5. The molecule has 1 heterocycles. The van der Waals surface area contributed by atoms with Crippen molar-refractivity contribution in [1.29, 1.82) is 0 Å². The quantitative estimate of drug-likeness (QED) is 0.492. The van der Waals surface area contributed by atoms with E-state index < -0.39 is 24.4 Å². The van der Waals surface area contributed by atoms with Gasteiger partial charge in [-0.2, -0.15) is 0 Å². The first-order valence-electron chi connectivity index (χ1n) is 8.36. The van der Waals surface area contributed by atoms with Crippen LogP contribution in [0.1, 0.15) is 10.4 Å². The third-order valence-corrected chi connectivity index (χ3v) is 4.10. The molecule has 0 saturated carbocycles. The van der Waals surface area contributed by atoms with Crippen molar-refractivity contribution in [3.05, 3.63) is 71.5 Å². The van der Waals surface area contributed by atoms with E-state index in [4.69, 9.17) is 16.3 Å². The molecule has 2 N–H and O–H groups in total. The van der Waals surface area contributed by atoms with E-state index in [9.17, 15) is 14.4 Å². The predicted octanol–water partition coefficient (Wildman–Crippen LogP) is 2.80. The number of amides is 2. The fraction of sp³-hybridized carbons (Fsp3) is 0.100. The van der Waals surface area contributed by atoms with E-state index in [1.54, 1.807) is 24.3 Å². The Balaban J connectivity index is 1.46. The minimum absolute atomic E-state index is 0.129. The number of esters is 1. The molecule has 2 aromatic carbocycles. The van der Waals surface area contributed by atoms with Crippen molar-refractivity contribution >= 4 is 45.8 Å². The fourth-order valence-electron chi connectivity index (χ4n) is 2.45. The molecule has 0 fully saturated rings. The molecule has 1 aromatic heterocycles. The summed E-state index contributed by atoms with van der Waals surface area (Å²) in [6, 6.07) is 16.0. The summed E-state index contributed by atoms with van der Waals surface area (Å²) < 4.78 is 4.84. The summed E-state index contributed by atoms with van der Waals surface area (Å²) in [6.07, 6.45) is 1.48. The molecule has 0 bridgehead atoms. The lowest BCUT2D eigenvalue weighted by molar-refractivity contribution is -0.146. The Morgan fingerprint density at radius 2 is 1.79 bits per heavy atom. The highest BCUT2D eigenvalue weighted by Crippen LogP contribution is 2.17. The molecule has 8 heteroatoms. The molecule has 7 nitrogen and oxygen atoms in total. The number of nitrogens with zero attached hydrogens (tertiary/aromatic N) is 1. The van der Waals surface area contributed by atoms with Gasteiger partial charge in [-0.15, -0.1) is 0 Å². The third kappa shape index (κ3) is 5.05. The van der Waals surface area contributed by atoms with E-state index in [2.05, 4.69) is 15.6 Å². The lowest BCUT2D eigenvalue weighted by atomic mass is 10.1. The highest BCUT2D eigenvalue weighted by atomic mass is 35.5. The van der Waals surface area contributed by atoms with Crippen LogP contribution in [0.15, 0.2) is 60.8 Å². The molecule has 0 aliphatic heterocycles. The molecule has 3 rings (SSSR count). The van der Waals surface area contributed by atoms with Crippen molar-refractivity contribution in [1.82, 2.24) is 10.3 Å². The van der Waals surface area contributed by atoms with Crippen LogP contribution in [0.2, 0.25) is 5.15 Å². The molecule has 0 unspecified atom stereocenters. The van der Waals surface area contributed by atoms with E-state index >= 15 is 0 Å². The Morgan fingerprint density at radius 3 is 2.57 bits per heavy atom. The number of halogens is 1. The van der Waals surface area contributed by atoms with Crippen LogP contribution in [0.25, 0.3) is 10.8 Å². The average Bonchev–Trinajstić information content (AvgIpc) is 2.71. The summed E-state index contributed by atoms with van der Waals surface area (Å²) in [5.41, 5.74) is 0.741. The number of pyridine rings is 1. The van der Waals surface area contributed by atoms with Crippen molar-refractivity contribution < 1.29 is 19.1 Å². The van der Waals surface area contributed by atoms with Gasteiger partial charge in [-0.1, -0.05) is 41.9 Å². The van der Waals surface area contributed by atoms with Gasteiger partial charge in [0.15, 0.2) is 11.8 Å². The number of rotatable bonds is 6. The Bertz CT molecular complexity index is 1040. The van der Waals surface area contributed by atoms with Crippen LogP contribution in [-0.4, -0.2) is 35.9 Å². The summed E-state index contributed by atoms with van der Waals surface area (Å²) >= 11 is 5.83. The minimum atomic E-state index is -0.735. The smallest absolute Gasteiger partial charge is 0.325 e. The highest BCUT2D eigenvalue weighted by Gasteiger charge is 2.12. The van der Waals surface area contributed by atoms with E-state index in [0.717, 1.165) is 10.8 Å². The molecule has 0 radical (unpaired) electrons. The van der Waals surface area contributed by atoms with Crippen LogP contribution in [-0.2, 0) is 14.3 Å². The van der Waals surface area contributed by atoms with Crippen LogP contribution in [0, 0.1) is 0 Å². The number of ether oxygens (including phenoxy) is 1. The van der Waals surface area contributed by atoms with Gasteiger partial charge in [0.05, 0.1) is 5.69 Å². The van der Waals surface area contributed by atoms with Crippen LogP contribution in [0.5, 0.6) is 0 Å². The lowest BCUT2D eigenvalue weighted by Gasteiger charge is -2.08. The van der Waals surface area contributed by atoms with Gasteiger partial charge in [0.25, 0.3) is 11.8 Å². The van der Waals surface area contributed by atoms with Gasteiger partial charge in [0.2, 0.25) is 0 Å². The molecular weight excluding hydrogens is 382 g/mol. The molecule has 3 aromatic rings. The Kier molecular flexibility index (Phi) is 6.18. The average molecular weight is 398 g/mol. The van der Waals surface area contributed by atoms with Gasteiger partial charge in [-0.05, 0) is 35.0 Å². The summed E-state index contributed by atoms with van der Waals surface area (Å²) in [4.78, 5) is 39.6. The highest BCUT2D eigenvalue weighted by molar-refractivity contribution is 6.32. The van der Waals surface area contributed by atoms with Gasteiger partial charge < -0.3 is 15.4 Å². The first kappa shape index (κ1) is 19.3. The van der Waals surface area contributed by atoms with Crippen molar-refractivity contribution in [2.45, 2.75) is 0 Å². The SMILES string of the molecule is O=C(COC(=O)CNC(=O)c1ccc2ccccc2c1)Nc1cccnc1Cl. The number of hydrogen-bond donors (Lipinski definition) is 2. The van der Waals surface area contributed by atoms with Gasteiger partial charge in [-0.3, -0.25) is 14.4 Å². The van der Waals surface area contributed by atoms with Gasteiger partial charge in [-0.25, -0.2) is 4.98 Å². The second-order valence-electron chi connectivity index (χ2n) is 5.80. The maximum atomic E-state index is 12.2. The molecule has 0 spiro atoms. The first-order chi connectivity index (χ1) is 13.5. The molecule has 0 atom stereocenters. The van der Waals surface area contributed by atoms with Crippen molar-refractivity contribution in [2.24, 2.45) is 0 Å². The van der Waals surface area contributed by atoms with E-state index in [1.807, 2.05) is 30.3 Å². The zero-order chi connectivity index (χ0) is 19.9. The molecule has 0 aliphatic rings. The Hall–Kier alpha value is -3.45. The monoisotopic (exact) mass is 397 g/mol. The maximum absolute atomic E-state index is 12.2. The first-order valence-corrected chi connectivity index (χ1v) is 8.74. The normalized spacial score (nSPS) is 10.3. The third-order valence-electron chi connectivity index (χ3n) is 3.80. The van der Waals surface area contributed by atoms with E-state index in [-0.39, 0.29) is 11.7 Å². The maximum Gasteiger partial charge on any atom is 0.325 e. The number of benzene rings is 2. The van der Waals surface area contributed by atoms with Crippen LogP contribution >= 0.6 is 11.6 Å². The second-order valence-corrected chi connectivity index (χ2v) is 6.15. The van der Waals surface area contributed by atoms with Crippen LogP contribution < -0.4 is 10.6 Å². The molecule has 2 amide bonds. The fourth-order valence-corrected chi connectivity index (χ4v) is 2.61. The van der Waals surface area contributed by atoms with Gasteiger partial charge >= 0.3 is 5.97 Å². The zero-order valence-corrected chi connectivity index (χ0v) is 15.4. The standard InChI is InChI=1S/C20H16ClN3O4/c21-19-16(6-3-9-22-19)24-17(25)12-28-18(26)11-23-20(27)15-8-7-13-4-1-2-5-14(13)10-15/h1-10H,11-12H2,(H,23,27)(H,24,25). The number of carbonyl (C=O) groups excluding carboxylic acids is 3. The van der Waals surface area contributed by atoms with Crippen LogP contribution in [0.3, 0.4) is 0 Å². The number of fused-ring (bicyclic) bond motifs is 1. The Morgan fingerprint density at radius 1 is 1.00 bits per heavy atom. The van der Waals surface area contributed by atoms with Crippen molar-refractivity contribution in [3.8, 4) is 0 Å². The topological polar surface area (TPSA) is 97.4 Å². The van der Waals surface area contributed by atoms with Gasteiger partial charge in [0.1, 0.15) is 6.54 Å². The molecule has 142 valence electrons. The molecule has 0 saturated heterocycles. The number of anilines is 1. The molecule has 0 aliphatic carbocycles. The van der Waals surface area contributed by atoms with E-state index in [0.29, 0.717) is 11.3 Å². The summed E-state index contributed by atoms with van der Waals surface area (Å²) in [5, 5.41) is 7.01. The van der Waals surface area contributed by atoms with Crippen LogP contribution in [0.4, 0.5) is 5.69 Å². The minimum Gasteiger partial charge on any atom is -0.454 e. The largest absolute Gasteiger partial charge is 0.454 e.